The number of nitrogens with one attached hydrogen (secondary N) is 1. The molecule has 2 rings (SSSR count). The molecule has 0 spiro atoms. The number of nitrogen functional groups attached to an aromatic ring is 1. The van der Waals surface area contributed by atoms with Crippen LogP contribution in [0.25, 0.3) is 0 Å². The summed E-state index contributed by atoms with van der Waals surface area (Å²) in [5, 5.41) is 4.15. The van der Waals surface area contributed by atoms with Crippen LogP contribution in [0.5, 0.6) is 0 Å². The molecule has 0 radical (unpaired) electrons. The average Bonchev–Trinajstić information content (AvgIpc) is 2.37. The summed E-state index contributed by atoms with van der Waals surface area (Å²) < 4.78 is 0. The Morgan fingerprint density at radius 2 is 1.67 bits per heavy atom. The molecular weight excluding hydrogens is 287 g/mol. The summed E-state index contributed by atoms with van der Waals surface area (Å²) in [5.41, 5.74) is 8.16. The van der Waals surface area contributed by atoms with Crippen molar-refractivity contribution in [1.82, 2.24) is 0 Å². The monoisotopic (exact) mass is 298 g/mol. The number of rotatable bonds is 3. The predicted octanol–water partition coefficient (Wildman–Crippen LogP) is 5.04. The zero-order valence-corrected chi connectivity index (χ0v) is 12.0. The van der Waals surface area contributed by atoms with Gasteiger partial charge in [-0.25, -0.2) is 0 Å². The fourth-order valence-electron chi connectivity index (χ4n) is 1.50. The van der Waals surface area contributed by atoms with Gasteiger partial charge in [0.15, 0.2) is 0 Å². The summed E-state index contributed by atoms with van der Waals surface area (Å²) in [6, 6.07) is 11.4. The summed E-state index contributed by atoms with van der Waals surface area (Å²) >= 11 is 13.6. The Morgan fingerprint density at radius 1 is 1.06 bits per heavy atom. The van der Waals surface area contributed by atoms with Gasteiger partial charge in [-0.15, -0.1) is 11.8 Å². The Balaban J connectivity index is 2.25. The third-order valence-corrected chi connectivity index (χ3v) is 3.93. The fraction of sp³-hybridized carbons (Fsp3) is 0.0769. The van der Waals surface area contributed by atoms with Crippen LogP contribution in [0.2, 0.25) is 10.0 Å². The second-order valence-corrected chi connectivity index (χ2v) is 5.40. The molecule has 0 aromatic heterocycles. The molecule has 0 saturated heterocycles. The first-order valence-electron chi connectivity index (χ1n) is 5.26. The molecule has 0 aliphatic heterocycles. The van der Waals surface area contributed by atoms with E-state index in [0.717, 1.165) is 11.4 Å². The Labute approximate surface area is 120 Å². The van der Waals surface area contributed by atoms with Crippen LogP contribution in [-0.2, 0) is 0 Å². The maximum absolute atomic E-state index is 5.97. The summed E-state index contributed by atoms with van der Waals surface area (Å²) in [4.78, 5) is 1.21. The number of nitrogens with two attached hydrogens (primary N) is 1. The van der Waals surface area contributed by atoms with E-state index in [1.165, 1.54) is 4.90 Å². The van der Waals surface area contributed by atoms with E-state index >= 15 is 0 Å². The topological polar surface area (TPSA) is 38.0 Å². The molecule has 0 unspecified atom stereocenters. The minimum atomic E-state index is 0.456. The van der Waals surface area contributed by atoms with E-state index in [2.05, 4.69) is 5.32 Å². The van der Waals surface area contributed by atoms with E-state index in [1.807, 2.05) is 30.5 Å². The molecule has 2 aromatic rings. The van der Waals surface area contributed by atoms with Gasteiger partial charge in [0.1, 0.15) is 0 Å². The Bertz CT molecular complexity index is 556. The number of anilines is 3. The summed E-state index contributed by atoms with van der Waals surface area (Å²) in [6.45, 7) is 0. The molecule has 2 aromatic carbocycles. The Morgan fingerprint density at radius 3 is 2.28 bits per heavy atom. The molecule has 18 heavy (non-hydrogen) atoms. The summed E-state index contributed by atoms with van der Waals surface area (Å²) in [6.07, 6.45) is 2.04. The maximum atomic E-state index is 5.97. The van der Waals surface area contributed by atoms with Crippen molar-refractivity contribution in [2.45, 2.75) is 4.90 Å². The largest absolute Gasteiger partial charge is 0.397 e. The standard InChI is InChI=1S/C13H12Cl2N2S/c1-18-9-4-2-8(3-5-9)17-13-7-11(15)10(14)6-12(13)16/h2-7,17H,16H2,1H3. The zero-order valence-electron chi connectivity index (χ0n) is 9.71. The first kappa shape index (κ1) is 13.4. The normalized spacial score (nSPS) is 10.4. The van der Waals surface area contributed by atoms with Gasteiger partial charge in [0, 0.05) is 10.6 Å². The van der Waals surface area contributed by atoms with E-state index in [1.54, 1.807) is 23.9 Å². The maximum Gasteiger partial charge on any atom is 0.0633 e. The van der Waals surface area contributed by atoms with Gasteiger partial charge in [-0.05, 0) is 42.7 Å². The van der Waals surface area contributed by atoms with E-state index in [9.17, 15) is 0 Å². The average molecular weight is 299 g/mol. The van der Waals surface area contributed by atoms with Gasteiger partial charge in [-0.2, -0.15) is 0 Å². The van der Waals surface area contributed by atoms with Crippen molar-refractivity contribution in [3.8, 4) is 0 Å². The zero-order chi connectivity index (χ0) is 13.1. The van der Waals surface area contributed by atoms with Gasteiger partial charge >= 0.3 is 0 Å². The number of hydrogen-bond donors (Lipinski definition) is 2. The van der Waals surface area contributed by atoms with Gasteiger partial charge in [-0.3, -0.25) is 0 Å². The molecular formula is C13H12Cl2N2S. The van der Waals surface area contributed by atoms with Gasteiger partial charge in [0.25, 0.3) is 0 Å². The van der Waals surface area contributed by atoms with Crippen molar-refractivity contribution >= 4 is 52.0 Å². The van der Waals surface area contributed by atoms with Crippen LogP contribution in [0.3, 0.4) is 0 Å². The number of hydrogen-bond acceptors (Lipinski definition) is 3. The highest BCUT2D eigenvalue weighted by molar-refractivity contribution is 7.98. The minimum absolute atomic E-state index is 0.456. The van der Waals surface area contributed by atoms with Gasteiger partial charge in [0.05, 0.1) is 21.4 Å². The Kier molecular flexibility index (Phi) is 4.27. The highest BCUT2D eigenvalue weighted by Crippen LogP contribution is 2.32. The molecule has 5 heteroatoms. The summed E-state index contributed by atoms with van der Waals surface area (Å²) in [5.74, 6) is 0. The highest BCUT2D eigenvalue weighted by Gasteiger charge is 2.05. The lowest BCUT2D eigenvalue weighted by Crippen LogP contribution is -1.96. The molecule has 0 atom stereocenters. The number of benzene rings is 2. The molecule has 0 amide bonds. The third-order valence-electron chi connectivity index (χ3n) is 2.46. The van der Waals surface area contributed by atoms with Crippen molar-refractivity contribution in [3.63, 3.8) is 0 Å². The van der Waals surface area contributed by atoms with Gasteiger partial charge < -0.3 is 11.1 Å². The van der Waals surface area contributed by atoms with Crippen LogP contribution in [0.1, 0.15) is 0 Å². The van der Waals surface area contributed by atoms with Gasteiger partial charge in [0.2, 0.25) is 0 Å². The van der Waals surface area contributed by atoms with Crippen LogP contribution < -0.4 is 11.1 Å². The Hall–Kier alpha value is -1.03. The lowest BCUT2D eigenvalue weighted by molar-refractivity contribution is 1.44. The van der Waals surface area contributed by atoms with Crippen molar-refractivity contribution in [3.05, 3.63) is 46.4 Å². The predicted molar refractivity (Wildman–Crippen MR) is 82.4 cm³/mol. The van der Waals surface area contributed by atoms with Crippen molar-refractivity contribution in [1.29, 1.82) is 0 Å². The molecule has 0 aliphatic rings. The fourth-order valence-corrected chi connectivity index (χ4v) is 2.24. The quantitative estimate of drug-likeness (QED) is 0.616. The molecule has 2 nitrogen and oxygen atoms in total. The first-order valence-corrected chi connectivity index (χ1v) is 7.24. The van der Waals surface area contributed by atoms with Crippen LogP contribution in [0.15, 0.2) is 41.3 Å². The van der Waals surface area contributed by atoms with Crippen LogP contribution in [0, 0.1) is 0 Å². The SMILES string of the molecule is CSc1ccc(Nc2cc(Cl)c(Cl)cc2N)cc1. The molecule has 0 fully saturated rings. The molecule has 0 heterocycles. The number of halogens is 2. The molecule has 94 valence electrons. The lowest BCUT2D eigenvalue weighted by atomic mass is 10.2. The second-order valence-electron chi connectivity index (χ2n) is 3.71. The van der Waals surface area contributed by atoms with Crippen molar-refractivity contribution < 1.29 is 0 Å². The van der Waals surface area contributed by atoms with Crippen LogP contribution in [0.4, 0.5) is 17.1 Å². The second kappa shape index (κ2) is 5.74. The van der Waals surface area contributed by atoms with Crippen molar-refractivity contribution in [2.24, 2.45) is 0 Å². The molecule has 0 saturated carbocycles. The lowest BCUT2D eigenvalue weighted by Gasteiger charge is -2.11. The smallest absolute Gasteiger partial charge is 0.0633 e. The molecule has 0 aliphatic carbocycles. The van der Waals surface area contributed by atoms with Crippen LogP contribution in [-0.4, -0.2) is 6.26 Å². The van der Waals surface area contributed by atoms with E-state index in [-0.39, 0.29) is 0 Å². The molecule has 3 N–H and O–H groups in total. The minimum Gasteiger partial charge on any atom is -0.397 e. The first-order chi connectivity index (χ1) is 8.60. The van der Waals surface area contributed by atoms with E-state index in [4.69, 9.17) is 28.9 Å². The van der Waals surface area contributed by atoms with Crippen LogP contribution >= 0.6 is 35.0 Å². The van der Waals surface area contributed by atoms with Crippen molar-refractivity contribution in [2.75, 3.05) is 17.3 Å². The molecule has 0 bridgehead atoms. The summed E-state index contributed by atoms with van der Waals surface area (Å²) in [7, 11) is 0. The number of thioether (sulfide) groups is 1. The van der Waals surface area contributed by atoms with E-state index < -0.39 is 0 Å². The van der Waals surface area contributed by atoms with Gasteiger partial charge in [-0.1, -0.05) is 23.2 Å². The van der Waals surface area contributed by atoms with E-state index in [0.29, 0.717) is 15.7 Å². The highest BCUT2D eigenvalue weighted by atomic mass is 35.5. The third kappa shape index (κ3) is 3.05.